The number of nitrogens with zero attached hydrogens (tertiary/aromatic N) is 1. The number of nitrogens with one attached hydrogen (secondary N) is 1. The Balaban J connectivity index is 2.18. The molecule has 1 aromatic carbocycles. The fraction of sp³-hybridized carbons (Fsp3) is 0.154. The summed E-state index contributed by atoms with van der Waals surface area (Å²) in [7, 11) is 0. The number of hydrogen-bond acceptors (Lipinski definition) is 2. The zero-order valence-corrected chi connectivity index (χ0v) is 12.0. The maximum absolute atomic E-state index is 13.7. The van der Waals surface area contributed by atoms with Gasteiger partial charge in [0.15, 0.2) is 0 Å². The zero-order valence-electron chi connectivity index (χ0n) is 9.62. The normalized spacial score (nSPS) is 12.2. The summed E-state index contributed by atoms with van der Waals surface area (Å²) < 4.78 is 14.5. The van der Waals surface area contributed by atoms with Crippen LogP contribution in [-0.2, 0) is 0 Å². The molecule has 0 saturated carbocycles. The smallest absolute Gasteiger partial charge is 0.129 e. The van der Waals surface area contributed by atoms with Gasteiger partial charge in [0, 0.05) is 10.0 Å². The molecule has 0 aliphatic heterocycles. The van der Waals surface area contributed by atoms with Gasteiger partial charge in [-0.05, 0) is 37.3 Å². The summed E-state index contributed by atoms with van der Waals surface area (Å²) >= 11 is 9.04. The number of halogens is 3. The Morgan fingerprint density at radius 3 is 2.78 bits per heavy atom. The topological polar surface area (TPSA) is 24.9 Å². The van der Waals surface area contributed by atoms with E-state index in [4.69, 9.17) is 11.6 Å². The molecular weight excluding hydrogens is 319 g/mol. The quantitative estimate of drug-likeness (QED) is 0.817. The second-order valence-corrected chi connectivity index (χ2v) is 5.20. The van der Waals surface area contributed by atoms with Gasteiger partial charge >= 0.3 is 0 Å². The summed E-state index contributed by atoms with van der Waals surface area (Å²) in [4.78, 5) is 3.97. The highest BCUT2D eigenvalue weighted by molar-refractivity contribution is 9.10. The van der Waals surface area contributed by atoms with Gasteiger partial charge in [0.2, 0.25) is 0 Å². The maximum atomic E-state index is 13.7. The summed E-state index contributed by atoms with van der Waals surface area (Å²) in [5.41, 5.74) is 1.39. The summed E-state index contributed by atoms with van der Waals surface area (Å²) in [5.74, 6) is -0.236. The van der Waals surface area contributed by atoms with E-state index >= 15 is 0 Å². The Bertz CT molecular complexity index is 545. The molecule has 1 unspecified atom stereocenters. The minimum atomic E-state index is -0.236. The van der Waals surface area contributed by atoms with E-state index in [1.165, 1.54) is 6.07 Å². The van der Waals surface area contributed by atoms with Crippen LogP contribution in [0.3, 0.4) is 0 Å². The van der Waals surface area contributed by atoms with Crippen LogP contribution in [0.5, 0.6) is 0 Å². The molecule has 1 N–H and O–H groups in total. The Labute approximate surface area is 118 Å². The number of aromatic nitrogens is 1. The van der Waals surface area contributed by atoms with E-state index in [0.717, 1.165) is 10.2 Å². The number of rotatable bonds is 3. The molecule has 0 aliphatic rings. The van der Waals surface area contributed by atoms with Crippen LogP contribution in [0.2, 0.25) is 5.15 Å². The van der Waals surface area contributed by atoms with E-state index in [0.29, 0.717) is 10.7 Å². The molecule has 0 bridgehead atoms. The first-order valence-electron chi connectivity index (χ1n) is 5.39. The van der Waals surface area contributed by atoms with Crippen LogP contribution in [0.25, 0.3) is 0 Å². The standard InChI is InChI=1S/C13H11BrClFN2/c1-8(11-6-9(14)2-4-12(11)16)18-10-3-5-13(15)17-7-10/h2-8,18H,1H3. The SMILES string of the molecule is CC(Nc1ccc(Cl)nc1)c1cc(Br)ccc1F. The molecule has 1 aromatic heterocycles. The highest BCUT2D eigenvalue weighted by Crippen LogP contribution is 2.24. The summed E-state index contributed by atoms with van der Waals surface area (Å²) in [6.07, 6.45) is 1.62. The van der Waals surface area contributed by atoms with Gasteiger partial charge in [0.1, 0.15) is 11.0 Å². The molecule has 0 radical (unpaired) electrons. The molecule has 1 atom stereocenters. The molecule has 0 spiro atoms. The first-order chi connectivity index (χ1) is 8.56. The van der Waals surface area contributed by atoms with Crippen molar-refractivity contribution in [3.8, 4) is 0 Å². The van der Waals surface area contributed by atoms with Crippen molar-refractivity contribution >= 4 is 33.2 Å². The third kappa shape index (κ3) is 3.21. The second kappa shape index (κ2) is 5.67. The van der Waals surface area contributed by atoms with E-state index in [-0.39, 0.29) is 11.9 Å². The lowest BCUT2D eigenvalue weighted by Crippen LogP contribution is -2.08. The maximum Gasteiger partial charge on any atom is 0.129 e. The first-order valence-corrected chi connectivity index (χ1v) is 6.56. The van der Waals surface area contributed by atoms with E-state index in [2.05, 4.69) is 26.2 Å². The third-order valence-electron chi connectivity index (χ3n) is 2.54. The molecule has 0 aliphatic carbocycles. The van der Waals surface area contributed by atoms with Crippen LogP contribution in [0.15, 0.2) is 41.0 Å². The molecular formula is C13H11BrClFN2. The lowest BCUT2D eigenvalue weighted by atomic mass is 10.1. The monoisotopic (exact) mass is 328 g/mol. The number of hydrogen-bond donors (Lipinski definition) is 1. The number of anilines is 1. The predicted octanol–water partition coefficient (Wildman–Crippen LogP) is 4.81. The van der Waals surface area contributed by atoms with Crippen LogP contribution in [0.4, 0.5) is 10.1 Å². The molecule has 2 nitrogen and oxygen atoms in total. The Hall–Kier alpha value is -1.13. The average molecular weight is 330 g/mol. The first kappa shape index (κ1) is 13.3. The zero-order chi connectivity index (χ0) is 13.1. The summed E-state index contributed by atoms with van der Waals surface area (Å²) in [6, 6.07) is 8.21. The molecule has 2 aromatic rings. The highest BCUT2D eigenvalue weighted by Gasteiger charge is 2.11. The molecule has 2 rings (SSSR count). The van der Waals surface area contributed by atoms with Gasteiger partial charge in [-0.2, -0.15) is 0 Å². The van der Waals surface area contributed by atoms with Gasteiger partial charge in [0.05, 0.1) is 17.9 Å². The average Bonchev–Trinajstić information content (AvgIpc) is 2.35. The minimum absolute atomic E-state index is 0.162. The van der Waals surface area contributed by atoms with Gasteiger partial charge in [-0.25, -0.2) is 9.37 Å². The Kier molecular flexibility index (Phi) is 4.19. The van der Waals surface area contributed by atoms with Crippen molar-refractivity contribution in [2.24, 2.45) is 0 Å². The fourth-order valence-corrected chi connectivity index (χ4v) is 2.13. The summed E-state index contributed by atoms with van der Waals surface area (Å²) in [5, 5.41) is 3.60. The van der Waals surface area contributed by atoms with Crippen LogP contribution in [-0.4, -0.2) is 4.98 Å². The van der Waals surface area contributed by atoms with Crippen molar-refractivity contribution in [1.82, 2.24) is 4.98 Å². The van der Waals surface area contributed by atoms with Crippen molar-refractivity contribution in [2.45, 2.75) is 13.0 Å². The molecule has 18 heavy (non-hydrogen) atoms. The fourth-order valence-electron chi connectivity index (χ4n) is 1.64. The van der Waals surface area contributed by atoms with Crippen molar-refractivity contribution in [3.63, 3.8) is 0 Å². The second-order valence-electron chi connectivity index (χ2n) is 3.90. The van der Waals surface area contributed by atoms with Gasteiger partial charge in [-0.3, -0.25) is 0 Å². The molecule has 0 amide bonds. The number of benzene rings is 1. The molecule has 0 fully saturated rings. The van der Waals surface area contributed by atoms with Gasteiger partial charge in [-0.15, -0.1) is 0 Å². The van der Waals surface area contributed by atoms with Crippen LogP contribution in [0.1, 0.15) is 18.5 Å². The Morgan fingerprint density at radius 1 is 1.33 bits per heavy atom. The lowest BCUT2D eigenvalue weighted by molar-refractivity contribution is 0.600. The van der Waals surface area contributed by atoms with Crippen LogP contribution >= 0.6 is 27.5 Å². The van der Waals surface area contributed by atoms with Gasteiger partial charge in [0.25, 0.3) is 0 Å². The number of pyridine rings is 1. The predicted molar refractivity (Wildman–Crippen MR) is 75.4 cm³/mol. The largest absolute Gasteiger partial charge is 0.377 e. The molecule has 5 heteroatoms. The van der Waals surface area contributed by atoms with E-state index < -0.39 is 0 Å². The molecule has 94 valence electrons. The van der Waals surface area contributed by atoms with Crippen LogP contribution < -0.4 is 5.32 Å². The van der Waals surface area contributed by atoms with E-state index in [9.17, 15) is 4.39 Å². The Morgan fingerprint density at radius 2 is 2.11 bits per heavy atom. The van der Waals surface area contributed by atoms with Crippen molar-refractivity contribution < 1.29 is 4.39 Å². The van der Waals surface area contributed by atoms with Crippen LogP contribution in [0, 0.1) is 5.82 Å². The molecule has 1 heterocycles. The highest BCUT2D eigenvalue weighted by atomic mass is 79.9. The van der Waals surface area contributed by atoms with Gasteiger partial charge < -0.3 is 5.32 Å². The lowest BCUT2D eigenvalue weighted by Gasteiger charge is -2.16. The summed E-state index contributed by atoms with van der Waals surface area (Å²) in [6.45, 7) is 1.89. The van der Waals surface area contributed by atoms with Gasteiger partial charge in [-0.1, -0.05) is 27.5 Å². The van der Waals surface area contributed by atoms with Crippen molar-refractivity contribution in [3.05, 3.63) is 57.5 Å². The van der Waals surface area contributed by atoms with Crippen molar-refractivity contribution in [2.75, 3.05) is 5.32 Å². The molecule has 0 saturated heterocycles. The third-order valence-corrected chi connectivity index (χ3v) is 3.25. The van der Waals surface area contributed by atoms with E-state index in [1.807, 2.05) is 13.0 Å². The minimum Gasteiger partial charge on any atom is -0.377 e. The van der Waals surface area contributed by atoms with Crippen molar-refractivity contribution in [1.29, 1.82) is 0 Å². The van der Waals surface area contributed by atoms with E-state index in [1.54, 1.807) is 24.4 Å².